The van der Waals surface area contributed by atoms with E-state index in [1.54, 1.807) is 12.1 Å². The average molecular weight is 424 g/mol. The van der Waals surface area contributed by atoms with Gasteiger partial charge in [-0.1, -0.05) is 26.0 Å². The zero-order chi connectivity index (χ0) is 22.0. The second-order valence-electron chi connectivity index (χ2n) is 6.86. The highest BCUT2D eigenvalue weighted by Gasteiger charge is 2.36. The van der Waals surface area contributed by atoms with Crippen molar-refractivity contribution in [2.24, 2.45) is 0 Å². The van der Waals surface area contributed by atoms with Crippen LogP contribution in [0.1, 0.15) is 37.0 Å². The highest BCUT2D eigenvalue weighted by atomic mass is 19.2. The lowest BCUT2D eigenvalue weighted by atomic mass is 10.1. The van der Waals surface area contributed by atoms with Crippen LogP contribution in [0.25, 0.3) is 0 Å². The molecule has 2 aromatic carbocycles. The van der Waals surface area contributed by atoms with Crippen molar-refractivity contribution in [3.63, 3.8) is 0 Å². The van der Waals surface area contributed by atoms with Gasteiger partial charge in [-0.2, -0.15) is 0 Å². The highest BCUT2D eigenvalue weighted by molar-refractivity contribution is 6.08. The first-order valence-corrected chi connectivity index (χ1v) is 9.49. The van der Waals surface area contributed by atoms with E-state index in [9.17, 15) is 27.2 Å². The minimum Gasteiger partial charge on any atom is -0.477 e. The maximum Gasteiger partial charge on any atom is 0.263 e. The number of nitrogens with one attached hydrogen (secondary N) is 1. The van der Waals surface area contributed by atoms with Crippen molar-refractivity contribution in [3.05, 3.63) is 59.2 Å². The minimum atomic E-state index is -2.08. The Labute approximate surface area is 170 Å². The number of ether oxygens (including phenoxy) is 1. The molecule has 0 fully saturated rings. The average Bonchev–Trinajstić information content (AvgIpc) is 2.76. The van der Waals surface area contributed by atoms with Crippen molar-refractivity contribution in [1.29, 1.82) is 0 Å². The predicted molar refractivity (Wildman–Crippen MR) is 101 cm³/mol. The van der Waals surface area contributed by atoms with Crippen molar-refractivity contribution in [1.82, 2.24) is 5.32 Å². The van der Waals surface area contributed by atoms with Crippen LogP contribution in [0, 0.1) is 23.3 Å². The molecule has 1 aliphatic rings. The molecule has 0 aliphatic carbocycles. The summed E-state index contributed by atoms with van der Waals surface area (Å²) in [7, 11) is 0. The van der Waals surface area contributed by atoms with Gasteiger partial charge in [0.05, 0.1) is 17.8 Å². The first kappa shape index (κ1) is 21.6. The molecule has 2 amide bonds. The summed E-state index contributed by atoms with van der Waals surface area (Å²) in [6.45, 7) is 3.49. The van der Waals surface area contributed by atoms with E-state index in [4.69, 9.17) is 4.74 Å². The number of fused-ring (bicyclic) bond motifs is 1. The number of hydrogen-bond acceptors (Lipinski definition) is 3. The van der Waals surface area contributed by atoms with Crippen LogP contribution in [-0.2, 0) is 4.79 Å². The molecule has 3 rings (SSSR count). The van der Waals surface area contributed by atoms with Gasteiger partial charge in [0, 0.05) is 6.04 Å². The predicted octanol–water partition coefficient (Wildman–Crippen LogP) is 3.96. The molecule has 9 heteroatoms. The number of benzene rings is 2. The van der Waals surface area contributed by atoms with Gasteiger partial charge in [0.25, 0.3) is 11.8 Å². The van der Waals surface area contributed by atoms with E-state index in [-0.39, 0.29) is 24.0 Å². The first-order valence-electron chi connectivity index (χ1n) is 9.49. The lowest BCUT2D eigenvalue weighted by Gasteiger charge is -2.34. The van der Waals surface area contributed by atoms with Crippen LogP contribution in [0.15, 0.2) is 30.3 Å². The summed E-state index contributed by atoms with van der Waals surface area (Å²) in [5, 5.41) is 2.81. The number of rotatable bonds is 5. The van der Waals surface area contributed by atoms with E-state index in [0.717, 1.165) is 4.90 Å². The van der Waals surface area contributed by atoms with E-state index in [0.29, 0.717) is 18.9 Å². The number of nitrogens with zero attached hydrogens (tertiary/aromatic N) is 1. The Morgan fingerprint density at radius 3 is 2.43 bits per heavy atom. The monoisotopic (exact) mass is 424 g/mol. The summed E-state index contributed by atoms with van der Waals surface area (Å²) in [4.78, 5) is 26.6. The van der Waals surface area contributed by atoms with Crippen molar-refractivity contribution >= 4 is 17.5 Å². The number of carbonyl (C=O) groups is 2. The molecule has 30 heavy (non-hydrogen) atoms. The summed E-state index contributed by atoms with van der Waals surface area (Å²) < 4.78 is 60.5. The molecule has 0 radical (unpaired) electrons. The number of hydrogen-bond donors (Lipinski definition) is 1. The number of halogens is 4. The van der Waals surface area contributed by atoms with Gasteiger partial charge in [-0.05, 0) is 31.0 Å². The lowest BCUT2D eigenvalue weighted by Crippen LogP contribution is -2.52. The minimum absolute atomic E-state index is 0.0971. The van der Waals surface area contributed by atoms with Crippen LogP contribution >= 0.6 is 0 Å². The van der Waals surface area contributed by atoms with Gasteiger partial charge >= 0.3 is 0 Å². The van der Waals surface area contributed by atoms with Crippen molar-refractivity contribution in [2.75, 3.05) is 11.4 Å². The van der Waals surface area contributed by atoms with Crippen LogP contribution < -0.4 is 15.0 Å². The fraction of sp³-hybridized carbons (Fsp3) is 0.333. The third kappa shape index (κ3) is 3.96. The van der Waals surface area contributed by atoms with E-state index in [2.05, 4.69) is 5.32 Å². The number of amides is 2. The van der Waals surface area contributed by atoms with Crippen LogP contribution in [0.4, 0.5) is 23.2 Å². The Bertz CT molecular complexity index is 979. The molecule has 1 unspecified atom stereocenters. The Morgan fingerprint density at radius 1 is 1.10 bits per heavy atom. The van der Waals surface area contributed by atoms with E-state index >= 15 is 0 Å². The zero-order valence-corrected chi connectivity index (χ0v) is 16.3. The standard InChI is InChI=1S/C21H20F4N2O3/c1-3-11(4-2)26-20(28)16-10-27(14-7-5-6-8-15(14)30-16)21(29)12-9-13(22)18(24)19(25)17(12)23/h5-9,11,16H,3-4,10H2,1-2H3,(H,26,28). The molecule has 1 aliphatic heterocycles. The molecule has 1 N–H and O–H groups in total. The maximum atomic E-state index is 14.2. The smallest absolute Gasteiger partial charge is 0.263 e. The summed E-state index contributed by atoms with van der Waals surface area (Å²) in [6.07, 6.45) is 0.254. The highest BCUT2D eigenvalue weighted by Crippen LogP contribution is 2.35. The van der Waals surface area contributed by atoms with Crippen LogP contribution in [-0.4, -0.2) is 30.5 Å². The summed E-state index contributed by atoms with van der Waals surface area (Å²) in [6, 6.07) is 6.38. The van der Waals surface area contributed by atoms with Crippen molar-refractivity contribution in [2.45, 2.75) is 38.8 Å². The van der Waals surface area contributed by atoms with Gasteiger partial charge in [0.15, 0.2) is 29.4 Å². The van der Waals surface area contributed by atoms with Gasteiger partial charge in [-0.3, -0.25) is 9.59 Å². The fourth-order valence-electron chi connectivity index (χ4n) is 3.22. The number of carbonyl (C=O) groups excluding carboxylic acids is 2. The van der Waals surface area contributed by atoms with E-state index in [1.807, 2.05) is 13.8 Å². The molecule has 0 aromatic heterocycles. The van der Waals surface area contributed by atoms with Gasteiger partial charge < -0.3 is 15.0 Å². The third-order valence-electron chi connectivity index (χ3n) is 4.98. The van der Waals surface area contributed by atoms with Crippen LogP contribution in [0.2, 0.25) is 0 Å². The Hall–Kier alpha value is -3.10. The van der Waals surface area contributed by atoms with E-state index in [1.165, 1.54) is 12.1 Å². The third-order valence-corrected chi connectivity index (χ3v) is 4.98. The van der Waals surface area contributed by atoms with Gasteiger partial charge in [0.1, 0.15) is 5.75 Å². The quantitative estimate of drug-likeness (QED) is 0.449. The first-order chi connectivity index (χ1) is 14.3. The number of anilines is 1. The topological polar surface area (TPSA) is 58.6 Å². The molecule has 0 bridgehead atoms. The molecule has 160 valence electrons. The van der Waals surface area contributed by atoms with E-state index < -0.39 is 46.8 Å². The molecular weight excluding hydrogens is 404 g/mol. The van der Waals surface area contributed by atoms with Crippen LogP contribution in [0.5, 0.6) is 5.75 Å². The summed E-state index contributed by atoms with van der Waals surface area (Å²) >= 11 is 0. The molecule has 0 spiro atoms. The summed E-state index contributed by atoms with van der Waals surface area (Å²) in [5.41, 5.74) is -0.791. The Morgan fingerprint density at radius 2 is 1.77 bits per heavy atom. The normalized spacial score (nSPS) is 15.6. The Balaban J connectivity index is 1.97. The fourth-order valence-corrected chi connectivity index (χ4v) is 3.22. The lowest BCUT2D eigenvalue weighted by molar-refractivity contribution is -0.128. The van der Waals surface area contributed by atoms with Gasteiger partial charge in [0.2, 0.25) is 0 Å². The molecular formula is C21H20F4N2O3. The largest absolute Gasteiger partial charge is 0.477 e. The Kier molecular flexibility index (Phi) is 6.28. The van der Waals surface area contributed by atoms with Gasteiger partial charge in [-0.25, -0.2) is 17.6 Å². The summed E-state index contributed by atoms with van der Waals surface area (Å²) in [5.74, 6) is -9.01. The molecule has 0 saturated heterocycles. The van der Waals surface area contributed by atoms with Gasteiger partial charge in [-0.15, -0.1) is 0 Å². The molecule has 1 heterocycles. The maximum absolute atomic E-state index is 14.2. The van der Waals surface area contributed by atoms with Crippen molar-refractivity contribution in [3.8, 4) is 5.75 Å². The SMILES string of the molecule is CCC(CC)NC(=O)C1CN(C(=O)c2cc(F)c(F)c(F)c2F)c2ccccc2O1. The molecule has 2 aromatic rings. The van der Waals surface area contributed by atoms with Crippen LogP contribution in [0.3, 0.4) is 0 Å². The molecule has 1 atom stereocenters. The number of para-hydroxylation sites is 2. The van der Waals surface area contributed by atoms with Crippen molar-refractivity contribution < 1.29 is 31.9 Å². The second-order valence-corrected chi connectivity index (χ2v) is 6.86. The molecule has 5 nitrogen and oxygen atoms in total. The second kappa shape index (κ2) is 8.73. The zero-order valence-electron chi connectivity index (χ0n) is 16.3. The molecule has 0 saturated carbocycles.